The van der Waals surface area contributed by atoms with Crippen molar-refractivity contribution in [1.82, 2.24) is 0 Å². The molecular weight excluding hydrogens is 282 g/mol. The average molecular weight is 299 g/mol. The van der Waals surface area contributed by atoms with Crippen LogP contribution >= 0.6 is 0 Å². The molecule has 1 amide bonds. The molecule has 0 saturated carbocycles. The lowest BCUT2D eigenvalue weighted by Crippen LogP contribution is -2.30. The fourth-order valence-corrected chi connectivity index (χ4v) is 1.88. The summed E-state index contributed by atoms with van der Waals surface area (Å²) in [5.74, 6) is -0.616. The smallest absolute Gasteiger partial charge is 0.307 e. The molecule has 0 saturated heterocycles. The molecule has 2 rings (SSSR count). The number of hydrogen-bond donors (Lipinski definition) is 2. The fraction of sp³-hybridized carbons (Fsp3) is 0.176. The van der Waals surface area contributed by atoms with Crippen molar-refractivity contribution in [3.8, 4) is 5.75 Å². The van der Waals surface area contributed by atoms with Gasteiger partial charge >= 0.3 is 5.97 Å². The van der Waals surface area contributed by atoms with Gasteiger partial charge in [-0.25, -0.2) is 0 Å². The van der Waals surface area contributed by atoms with Gasteiger partial charge in [0.1, 0.15) is 5.75 Å². The maximum atomic E-state index is 12.0. The largest absolute Gasteiger partial charge is 0.481 e. The number of carboxylic acid groups (broad SMARTS) is 1. The lowest BCUT2D eigenvalue weighted by molar-refractivity contribution is -0.136. The number of ether oxygens (including phenoxy) is 1. The zero-order valence-electron chi connectivity index (χ0n) is 12.2. The van der Waals surface area contributed by atoms with Crippen LogP contribution in [0.25, 0.3) is 0 Å². The van der Waals surface area contributed by atoms with Crippen LogP contribution in [0.5, 0.6) is 5.75 Å². The highest BCUT2D eigenvalue weighted by Crippen LogP contribution is 2.15. The molecule has 0 spiro atoms. The number of benzene rings is 2. The number of aliphatic carboxylic acids is 1. The van der Waals surface area contributed by atoms with E-state index in [9.17, 15) is 9.59 Å². The second-order valence-corrected chi connectivity index (χ2v) is 4.83. The Kier molecular flexibility index (Phi) is 5.14. The van der Waals surface area contributed by atoms with Gasteiger partial charge in [0.25, 0.3) is 5.91 Å². The van der Waals surface area contributed by atoms with Gasteiger partial charge in [0.2, 0.25) is 0 Å². The van der Waals surface area contributed by atoms with Crippen LogP contribution in [-0.2, 0) is 16.0 Å². The Morgan fingerprint density at radius 3 is 2.32 bits per heavy atom. The Morgan fingerprint density at radius 2 is 1.73 bits per heavy atom. The third-order valence-corrected chi connectivity index (χ3v) is 3.00. The quantitative estimate of drug-likeness (QED) is 0.860. The van der Waals surface area contributed by atoms with Gasteiger partial charge in [-0.05, 0) is 36.8 Å². The number of rotatable bonds is 6. The molecule has 0 aromatic heterocycles. The van der Waals surface area contributed by atoms with Crippen molar-refractivity contribution in [2.45, 2.75) is 19.4 Å². The van der Waals surface area contributed by atoms with Crippen molar-refractivity contribution in [2.75, 3.05) is 5.32 Å². The molecule has 2 aromatic carbocycles. The number of anilines is 1. The minimum atomic E-state index is -0.885. The van der Waals surface area contributed by atoms with Crippen LogP contribution in [0.2, 0.25) is 0 Å². The van der Waals surface area contributed by atoms with Gasteiger partial charge in [0.15, 0.2) is 6.10 Å². The van der Waals surface area contributed by atoms with Crippen molar-refractivity contribution in [3.05, 3.63) is 60.2 Å². The van der Waals surface area contributed by atoms with Gasteiger partial charge in [0, 0.05) is 5.69 Å². The third-order valence-electron chi connectivity index (χ3n) is 3.00. The minimum Gasteiger partial charge on any atom is -0.481 e. The molecular formula is C17H17NO4. The number of carboxylic acids is 1. The summed E-state index contributed by atoms with van der Waals surface area (Å²) >= 11 is 0. The second-order valence-electron chi connectivity index (χ2n) is 4.83. The van der Waals surface area contributed by atoms with Crippen LogP contribution < -0.4 is 10.1 Å². The molecule has 1 atom stereocenters. The van der Waals surface area contributed by atoms with Crippen LogP contribution in [0.3, 0.4) is 0 Å². The van der Waals surface area contributed by atoms with Crippen LogP contribution in [0.4, 0.5) is 5.69 Å². The van der Waals surface area contributed by atoms with Gasteiger partial charge in [0.05, 0.1) is 6.42 Å². The summed E-state index contributed by atoms with van der Waals surface area (Å²) in [5.41, 5.74) is 1.39. The standard InChI is InChI=1S/C17H17NO4/c1-12(17(21)18-14-5-3-2-4-6-14)22-15-9-7-13(8-10-15)11-16(19)20/h2-10,12H,11H2,1H3,(H,18,21)(H,19,20). The fourth-order valence-electron chi connectivity index (χ4n) is 1.88. The van der Waals surface area contributed by atoms with Crippen molar-refractivity contribution in [1.29, 1.82) is 0 Å². The van der Waals surface area contributed by atoms with Crippen LogP contribution in [0, 0.1) is 0 Å². The molecule has 22 heavy (non-hydrogen) atoms. The van der Waals surface area contributed by atoms with Gasteiger partial charge < -0.3 is 15.2 Å². The molecule has 0 heterocycles. The predicted molar refractivity (Wildman–Crippen MR) is 82.9 cm³/mol. The molecule has 2 aromatic rings. The summed E-state index contributed by atoms with van der Waals surface area (Å²) < 4.78 is 5.55. The number of carbonyl (C=O) groups is 2. The summed E-state index contributed by atoms with van der Waals surface area (Å²) in [4.78, 5) is 22.6. The topological polar surface area (TPSA) is 75.6 Å². The monoisotopic (exact) mass is 299 g/mol. The maximum Gasteiger partial charge on any atom is 0.307 e. The van der Waals surface area contributed by atoms with Crippen molar-refractivity contribution in [3.63, 3.8) is 0 Å². The highest BCUT2D eigenvalue weighted by Gasteiger charge is 2.14. The first kappa shape index (κ1) is 15.6. The minimum absolute atomic E-state index is 0.0374. The van der Waals surface area contributed by atoms with Crippen LogP contribution in [-0.4, -0.2) is 23.1 Å². The zero-order chi connectivity index (χ0) is 15.9. The molecule has 0 aliphatic heterocycles. The van der Waals surface area contributed by atoms with E-state index in [0.717, 1.165) is 0 Å². The SMILES string of the molecule is CC(Oc1ccc(CC(=O)O)cc1)C(=O)Nc1ccccc1. The molecule has 0 fully saturated rings. The normalized spacial score (nSPS) is 11.5. The molecule has 0 bridgehead atoms. The lowest BCUT2D eigenvalue weighted by atomic mass is 10.1. The van der Waals surface area contributed by atoms with E-state index in [2.05, 4.69) is 5.32 Å². The maximum absolute atomic E-state index is 12.0. The van der Waals surface area contributed by atoms with E-state index in [1.54, 1.807) is 43.3 Å². The molecule has 0 aliphatic rings. The van der Waals surface area contributed by atoms with Crippen molar-refractivity contribution >= 4 is 17.6 Å². The number of hydrogen-bond acceptors (Lipinski definition) is 3. The molecule has 2 N–H and O–H groups in total. The third kappa shape index (κ3) is 4.63. The van der Waals surface area contributed by atoms with E-state index in [0.29, 0.717) is 17.0 Å². The Labute approximate surface area is 128 Å². The first-order valence-corrected chi connectivity index (χ1v) is 6.88. The van der Waals surface area contributed by atoms with Crippen molar-refractivity contribution in [2.24, 2.45) is 0 Å². The molecule has 0 aliphatic carbocycles. The zero-order valence-corrected chi connectivity index (χ0v) is 12.2. The summed E-state index contributed by atoms with van der Waals surface area (Å²) in [6.07, 6.45) is -0.699. The molecule has 114 valence electrons. The van der Waals surface area contributed by atoms with E-state index in [1.165, 1.54) is 0 Å². The van der Waals surface area contributed by atoms with Gasteiger partial charge in [-0.1, -0.05) is 30.3 Å². The van der Waals surface area contributed by atoms with Gasteiger partial charge in [-0.2, -0.15) is 0 Å². The number of carbonyl (C=O) groups excluding carboxylic acids is 1. The number of para-hydroxylation sites is 1. The summed E-state index contributed by atoms with van der Waals surface area (Å²) in [6, 6.07) is 15.8. The Bertz CT molecular complexity index is 637. The van der Waals surface area contributed by atoms with Crippen LogP contribution in [0.15, 0.2) is 54.6 Å². The van der Waals surface area contributed by atoms with E-state index in [1.807, 2.05) is 18.2 Å². The number of nitrogens with one attached hydrogen (secondary N) is 1. The average Bonchev–Trinajstić information content (AvgIpc) is 2.49. The predicted octanol–water partition coefficient (Wildman–Crippen LogP) is 2.72. The number of amides is 1. The summed E-state index contributed by atoms with van der Waals surface area (Å²) in [6.45, 7) is 1.66. The highest BCUT2D eigenvalue weighted by molar-refractivity contribution is 5.94. The highest BCUT2D eigenvalue weighted by atomic mass is 16.5. The van der Waals surface area contributed by atoms with Crippen LogP contribution in [0.1, 0.15) is 12.5 Å². The molecule has 5 nitrogen and oxygen atoms in total. The summed E-state index contributed by atoms with van der Waals surface area (Å²) in [5, 5.41) is 11.5. The summed E-state index contributed by atoms with van der Waals surface area (Å²) in [7, 11) is 0. The molecule has 1 unspecified atom stereocenters. The molecule has 5 heteroatoms. The lowest BCUT2D eigenvalue weighted by Gasteiger charge is -2.15. The Morgan fingerprint density at radius 1 is 1.09 bits per heavy atom. The first-order valence-electron chi connectivity index (χ1n) is 6.88. The molecule has 0 radical (unpaired) electrons. The van der Waals surface area contributed by atoms with Crippen molar-refractivity contribution < 1.29 is 19.4 Å². The Balaban J connectivity index is 1.92. The van der Waals surface area contributed by atoms with E-state index in [4.69, 9.17) is 9.84 Å². The van der Waals surface area contributed by atoms with E-state index >= 15 is 0 Å². The van der Waals surface area contributed by atoms with Gasteiger partial charge in [-0.15, -0.1) is 0 Å². The van der Waals surface area contributed by atoms with E-state index in [-0.39, 0.29) is 12.3 Å². The second kappa shape index (κ2) is 7.26. The van der Waals surface area contributed by atoms with Gasteiger partial charge in [-0.3, -0.25) is 9.59 Å². The first-order chi connectivity index (χ1) is 10.5. The van der Waals surface area contributed by atoms with E-state index < -0.39 is 12.1 Å². The Hall–Kier alpha value is -2.82.